The molecule has 1 aromatic heterocycles. The third-order valence-corrected chi connectivity index (χ3v) is 4.75. The van der Waals surface area contributed by atoms with Gasteiger partial charge in [0, 0.05) is 24.0 Å². The fraction of sp³-hybridized carbons (Fsp3) is 0.211. The van der Waals surface area contributed by atoms with Gasteiger partial charge in [0.25, 0.3) is 0 Å². The second-order valence-electron chi connectivity index (χ2n) is 5.67. The summed E-state index contributed by atoms with van der Waals surface area (Å²) in [5.41, 5.74) is 2.02. The zero-order chi connectivity index (χ0) is 18.6. The van der Waals surface area contributed by atoms with Crippen LogP contribution in [0.4, 0.5) is 13.2 Å². The van der Waals surface area contributed by atoms with Gasteiger partial charge in [0.2, 0.25) is 0 Å². The Balaban J connectivity index is 1.57. The summed E-state index contributed by atoms with van der Waals surface area (Å²) < 4.78 is 43.0. The predicted molar refractivity (Wildman–Crippen MR) is 96.1 cm³/mol. The van der Waals surface area contributed by atoms with Crippen molar-refractivity contribution in [3.05, 3.63) is 70.7 Å². The molecule has 0 atom stereocenters. The molecule has 0 amide bonds. The second kappa shape index (κ2) is 7.88. The van der Waals surface area contributed by atoms with Gasteiger partial charge in [-0.2, -0.15) is 13.2 Å². The molecule has 7 heteroatoms. The minimum atomic E-state index is -4.32. The molecule has 136 valence electrons. The van der Waals surface area contributed by atoms with E-state index in [0.29, 0.717) is 23.7 Å². The van der Waals surface area contributed by atoms with E-state index in [1.54, 1.807) is 7.11 Å². The van der Waals surface area contributed by atoms with E-state index in [0.717, 1.165) is 29.1 Å². The quantitative estimate of drug-likeness (QED) is 0.646. The molecule has 2 aromatic carbocycles. The number of benzene rings is 2. The highest BCUT2D eigenvalue weighted by atomic mass is 32.1. The van der Waals surface area contributed by atoms with E-state index in [-0.39, 0.29) is 0 Å². The lowest BCUT2D eigenvalue weighted by Gasteiger charge is -2.06. The standard InChI is InChI=1S/C19H17F3N2OS/c1-25-17-8-2-13(3-9-17)10-23-11-16-12-26-18(24-16)14-4-6-15(7-5-14)19(20,21)22/h2-9,12,23H,10-11H2,1H3. The van der Waals surface area contributed by atoms with E-state index in [1.165, 1.54) is 23.5 Å². The highest BCUT2D eigenvalue weighted by molar-refractivity contribution is 7.13. The van der Waals surface area contributed by atoms with Crippen molar-refractivity contribution < 1.29 is 17.9 Å². The van der Waals surface area contributed by atoms with Gasteiger partial charge in [-0.25, -0.2) is 4.98 Å². The summed E-state index contributed by atoms with van der Waals surface area (Å²) in [6.07, 6.45) is -4.32. The lowest BCUT2D eigenvalue weighted by atomic mass is 10.1. The topological polar surface area (TPSA) is 34.1 Å². The Morgan fingerprint density at radius 2 is 1.69 bits per heavy atom. The monoisotopic (exact) mass is 378 g/mol. The van der Waals surface area contributed by atoms with Crippen LogP contribution in [0.2, 0.25) is 0 Å². The lowest BCUT2D eigenvalue weighted by Crippen LogP contribution is -2.12. The molecule has 26 heavy (non-hydrogen) atoms. The third kappa shape index (κ3) is 4.62. The number of thiazole rings is 1. The van der Waals surface area contributed by atoms with Crippen LogP contribution in [0.5, 0.6) is 5.75 Å². The van der Waals surface area contributed by atoms with Crippen LogP contribution in [0, 0.1) is 0 Å². The van der Waals surface area contributed by atoms with Crippen LogP contribution in [-0.2, 0) is 19.3 Å². The van der Waals surface area contributed by atoms with E-state index < -0.39 is 11.7 Å². The van der Waals surface area contributed by atoms with E-state index in [1.807, 2.05) is 29.6 Å². The Bertz CT molecular complexity index is 842. The Morgan fingerprint density at radius 3 is 2.31 bits per heavy atom. The maximum absolute atomic E-state index is 12.6. The zero-order valence-corrected chi connectivity index (χ0v) is 14.8. The number of alkyl halides is 3. The van der Waals surface area contributed by atoms with Crippen LogP contribution in [0.1, 0.15) is 16.8 Å². The molecule has 0 aliphatic rings. The normalized spacial score (nSPS) is 11.5. The first-order chi connectivity index (χ1) is 12.5. The minimum absolute atomic E-state index is 0.586. The van der Waals surface area contributed by atoms with Crippen LogP contribution in [-0.4, -0.2) is 12.1 Å². The molecule has 3 rings (SSSR count). The number of nitrogens with zero attached hydrogens (tertiary/aromatic N) is 1. The van der Waals surface area contributed by atoms with Gasteiger partial charge in [-0.3, -0.25) is 0 Å². The fourth-order valence-corrected chi connectivity index (χ4v) is 3.23. The third-order valence-electron chi connectivity index (χ3n) is 3.81. The number of ether oxygens (including phenoxy) is 1. The average molecular weight is 378 g/mol. The van der Waals surface area contributed by atoms with E-state index in [4.69, 9.17) is 4.74 Å². The molecule has 0 spiro atoms. The van der Waals surface area contributed by atoms with Gasteiger partial charge < -0.3 is 10.1 Å². The minimum Gasteiger partial charge on any atom is -0.497 e. The molecule has 0 aliphatic heterocycles. The van der Waals surface area contributed by atoms with Gasteiger partial charge in [0.05, 0.1) is 18.4 Å². The molecule has 1 heterocycles. The first-order valence-corrected chi connectivity index (χ1v) is 8.79. The van der Waals surface area contributed by atoms with Crippen LogP contribution < -0.4 is 10.1 Å². The van der Waals surface area contributed by atoms with Gasteiger partial charge in [0.15, 0.2) is 0 Å². The highest BCUT2D eigenvalue weighted by Gasteiger charge is 2.30. The Hall–Kier alpha value is -2.38. The number of rotatable bonds is 6. The van der Waals surface area contributed by atoms with Crippen molar-refractivity contribution in [2.24, 2.45) is 0 Å². The molecule has 0 aliphatic carbocycles. The maximum Gasteiger partial charge on any atom is 0.416 e. The second-order valence-corrected chi connectivity index (χ2v) is 6.53. The number of nitrogens with one attached hydrogen (secondary N) is 1. The fourth-order valence-electron chi connectivity index (χ4n) is 2.40. The van der Waals surface area contributed by atoms with Crippen molar-refractivity contribution >= 4 is 11.3 Å². The smallest absolute Gasteiger partial charge is 0.416 e. The van der Waals surface area contributed by atoms with Crippen molar-refractivity contribution in [1.82, 2.24) is 10.3 Å². The summed E-state index contributed by atoms with van der Waals surface area (Å²) in [6, 6.07) is 12.9. The molecule has 0 radical (unpaired) electrons. The molecule has 0 unspecified atom stereocenters. The van der Waals surface area contributed by atoms with Crippen LogP contribution in [0.15, 0.2) is 53.9 Å². The van der Waals surface area contributed by atoms with Gasteiger partial charge in [0.1, 0.15) is 10.8 Å². The number of hydrogen-bond donors (Lipinski definition) is 1. The highest BCUT2D eigenvalue weighted by Crippen LogP contribution is 2.31. The number of halogens is 3. The van der Waals surface area contributed by atoms with Crippen LogP contribution in [0.3, 0.4) is 0 Å². The molecule has 0 saturated carbocycles. The first-order valence-electron chi connectivity index (χ1n) is 7.91. The Kier molecular flexibility index (Phi) is 5.58. The van der Waals surface area contributed by atoms with Crippen molar-refractivity contribution in [3.63, 3.8) is 0 Å². The lowest BCUT2D eigenvalue weighted by molar-refractivity contribution is -0.137. The maximum atomic E-state index is 12.6. The summed E-state index contributed by atoms with van der Waals surface area (Å²) in [7, 11) is 1.63. The van der Waals surface area contributed by atoms with Crippen molar-refractivity contribution in [3.8, 4) is 16.3 Å². The van der Waals surface area contributed by atoms with Gasteiger partial charge in [-0.15, -0.1) is 11.3 Å². The van der Waals surface area contributed by atoms with Crippen LogP contribution >= 0.6 is 11.3 Å². The molecule has 1 N–H and O–H groups in total. The number of hydrogen-bond acceptors (Lipinski definition) is 4. The average Bonchev–Trinajstić information content (AvgIpc) is 3.11. The molecule has 0 saturated heterocycles. The number of aromatic nitrogens is 1. The van der Waals surface area contributed by atoms with Crippen molar-refractivity contribution in [2.45, 2.75) is 19.3 Å². The van der Waals surface area contributed by atoms with E-state index in [2.05, 4.69) is 10.3 Å². The van der Waals surface area contributed by atoms with Crippen LogP contribution in [0.25, 0.3) is 10.6 Å². The zero-order valence-electron chi connectivity index (χ0n) is 14.0. The molecular formula is C19H17F3N2OS. The molecule has 3 nitrogen and oxygen atoms in total. The largest absolute Gasteiger partial charge is 0.497 e. The summed E-state index contributed by atoms with van der Waals surface area (Å²) in [4.78, 5) is 4.49. The predicted octanol–water partition coefficient (Wildman–Crippen LogP) is 5.13. The Labute approximate surface area is 153 Å². The number of methoxy groups -OCH3 is 1. The molecule has 3 aromatic rings. The first kappa shape index (κ1) is 18.4. The molecule has 0 bridgehead atoms. The van der Waals surface area contributed by atoms with Gasteiger partial charge in [-0.05, 0) is 29.8 Å². The molecular weight excluding hydrogens is 361 g/mol. The van der Waals surface area contributed by atoms with Crippen molar-refractivity contribution in [1.29, 1.82) is 0 Å². The van der Waals surface area contributed by atoms with Crippen molar-refractivity contribution in [2.75, 3.05) is 7.11 Å². The molecule has 0 fully saturated rings. The summed E-state index contributed by atoms with van der Waals surface area (Å²) in [5, 5.41) is 5.92. The summed E-state index contributed by atoms with van der Waals surface area (Å²) >= 11 is 1.42. The van der Waals surface area contributed by atoms with Gasteiger partial charge >= 0.3 is 6.18 Å². The summed E-state index contributed by atoms with van der Waals surface area (Å²) in [5.74, 6) is 0.814. The Morgan fingerprint density at radius 1 is 1.00 bits per heavy atom. The SMILES string of the molecule is COc1ccc(CNCc2csc(-c3ccc(C(F)(F)F)cc3)n2)cc1. The van der Waals surface area contributed by atoms with E-state index in [9.17, 15) is 13.2 Å². The van der Waals surface area contributed by atoms with Gasteiger partial charge in [-0.1, -0.05) is 24.3 Å². The summed E-state index contributed by atoms with van der Waals surface area (Å²) in [6.45, 7) is 1.28. The van der Waals surface area contributed by atoms with E-state index >= 15 is 0 Å².